The van der Waals surface area contributed by atoms with Crippen LogP contribution in [0.5, 0.6) is 0 Å². The van der Waals surface area contributed by atoms with Crippen LogP contribution in [0.2, 0.25) is 10.0 Å². The van der Waals surface area contributed by atoms with Gasteiger partial charge in [0.1, 0.15) is 5.82 Å². The van der Waals surface area contributed by atoms with Gasteiger partial charge < -0.3 is 5.32 Å². The molecule has 2 aromatic rings. The minimum atomic E-state index is -3.57. The van der Waals surface area contributed by atoms with Crippen LogP contribution in [0.4, 0.5) is 20.2 Å². The quantitative estimate of drug-likeness (QED) is 0.387. The molecular formula is C18H15Cl2F2IN2O3S. The highest BCUT2D eigenvalue weighted by Gasteiger charge is 2.30. The first-order valence-corrected chi connectivity index (χ1v) is 11.8. The van der Waals surface area contributed by atoms with Crippen molar-refractivity contribution in [1.29, 1.82) is 0 Å². The van der Waals surface area contributed by atoms with E-state index >= 15 is 0 Å². The number of carbonyl (C=O) groups excluding carboxylic acids is 1. The van der Waals surface area contributed by atoms with Gasteiger partial charge in [0, 0.05) is 22.8 Å². The summed E-state index contributed by atoms with van der Waals surface area (Å²) in [6.45, 7) is 1.52. The van der Waals surface area contributed by atoms with Gasteiger partial charge in [-0.1, -0.05) is 23.2 Å². The molecule has 0 saturated carbocycles. The maximum atomic E-state index is 14.3. The first kappa shape index (κ1) is 22.5. The number of benzene rings is 2. The Balaban J connectivity index is 1.97. The first-order chi connectivity index (χ1) is 13.4. The van der Waals surface area contributed by atoms with E-state index in [9.17, 15) is 22.0 Å². The standard InChI is InChI=1S/C18H15Cl2F2IN2O3S/c1-18(22,23)10-5-11(19)7-12(6-10)24-17(26)14-8-13(9-15(21)16(14)20)25-3-2-4-29(25,27)28/h5-9H,2-4H2,1H3,(H,24,26). The summed E-state index contributed by atoms with van der Waals surface area (Å²) < 4.78 is 52.1. The van der Waals surface area contributed by atoms with Gasteiger partial charge in [0.15, 0.2) is 3.68 Å². The maximum Gasteiger partial charge on any atom is 0.257 e. The monoisotopic (exact) mass is 574 g/mol. The SMILES string of the molecule is CC(F)(I)c1cc(Cl)cc(NC(=O)c2cc(N3CCCS3(=O)=O)cc(F)c2Cl)c1. The molecule has 0 bridgehead atoms. The number of carbonyl (C=O) groups is 1. The molecule has 1 unspecified atom stereocenters. The van der Waals surface area contributed by atoms with Gasteiger partial charge in [0.05, 0.1) is 22.0 Å². The van der Waals surface area contributed by atoms with E-state index in [4.69, 9.17) is 23.2 Å². The third kappa shape index (κ3) is 4.95. The molecule has 3 rings (SSSR count). The van der Waals surface area contributed by atoms with E-state index in [0.717, 1.165) is 10.4 Å². The van der Waals surface area contributed by atoms with Crippen LogP contribution in [0, 0.1) is 5.82 Å². The summed E-state index contributed by atoms with van der Waals surface area (Å²) in [7, 11) is -3.57. The van der Waals surface area contributed by atoms with E-state index in [0.29, 0.717) is 6.42 Å². The second-order valence-corrected chi connectivity index (χ2v) is 11.5. The Morgan fingerprint density at radius 2 is 1.93 bits per heavy atom. The van der Waals surface area contributed by atoms with Gasteiger partial charge in [-0.2, -0.15) is 0 Å². The number of nitrogens with one attached hydrogen (secondary N) is 1. The first-order valence-electron chi connectivity index (χ1n) is 8.38. The predicted octanol–water partition coefficient (Wildman–Crippen LogP) is 5.50. The van der Waals surface area contributed by atoms with E-state index < -0.39 is 30.4 Å². The lowest BCUT2D eigenvalue weighted by atomic mass is 10.1. The fourth-order valence-electron chi connectivity index (χ4n) is 2.93. The van der Waals surface area contributed by atoms with Crippen molar-refractivity contribution in [3.8, 4) is 0 Å². The van der Waals surface area contributed by atoms with Gasteiger partial charge in [-0.05, 0) is 66.3 Å². The molecule has 0 spiro atoms. The number of anilines is 2. The van der Waals surface area contributed by atoms with Gasteiger partial charge in [-0.3, -0.25) is 9.10 Å². The molecule has 0 radical (unpaired) electrons. The highest BCUT2D eigenvalue weighted by molar-refractivity contribution is 14.1. The molecule has 1 aliphatic heterocycles. The molecule has 2 aromatic carbocycles. The largest absolute Gasteiger partial charge is 0.322 e. The van der Waals surface area contributed by atoms with Gasteiger partial charge in [-0.25, -0.2) is 17.2 Å². The topological polar surface area (TPSA) is 66.5 Å². The molecule has 1 heterocycles. The minimum absolute atomic E-state index is 0.0185. The average molecular weight is 575 g/mol. The van der Waals surface area contributed by atoms with Crippen LogP contribution in [-0.2, 0) is 13.7 Å². The fourth-order valence-corrected chi connectivity index (χ4v) is 5.22. The van der Waals surface area contributed by atoms with Crippen molar-refractivity contribution in [2.75, 3.05) is 21.9 Å². The molecule has 1 amide bonds. The predicted molar refractivity (Wildman–Crippen MR) is 119 cm³/mol. The van der Waals surface area contributed by atoms with Crippen LogP contribution < -0.4 is 9.62 Å². The summed E-state index contributed by atoms with van der Waals surface area (Å²) in [4.78, 5) is 12.7. The smallest absolute Gasteiger partial charge is 0.257 e. The molecule has 29 heavy (non-hydrogen) atoms. The summed E-state index contributed by atoms with van der Waals surface area (Å²) in [6, 6.07) is 6.42. The van der Waals surface area contributed by atoms with Crippen molar-refractivity contribution >= 4 is 73.1 Å². The Hall–Kier alpha value is -1.17. The third-order valence-corrected chi connectivity index (χ3v) is 7.40. The molecule has 1 atom stereocenters. The zero-order valence-electron chi connectivity index (χ0n) is 15.0. The normalized spacial score (nSPS) is 17.8. The molecule has 5 nitrogen and oxygen atoms in total. The van der Waals surface area contributed by atoms with Crippen LogP contribution in [0.25, 0.3) is 0 Å². The van der Waals surface area contributed by atoms with Gasteiger partial charge in [0.25, 0.3) is 5.91 Å². The fraction of sp³-hybridized carbons (Fsp3) is 0.278. The molecule has 0 aromatic heterocycles. The zero-order valence-corrected chi connectivity index (χ0v) is 19.5. The van der Waals surface area contributed by atoms with E-state index in [1.165, 1.54) is 31.2 Å². The number of nitrogens with zero attached hydrogens (tertiary/aromatic N) is 1. The summed E-state index contributed by atoms with van der Waals surface area (Å²) in [6.07, 6.45) is 0.400. The van der Waals surface area contributed by atoms with Gasteiger partial charge in [0.2, 0.25) is 10.0 Å². The summed E-state index contributed by atoms with van der Waals surface area (Å²) in [5.74, 6) is -1.76. The number of halogens is 5. The lowest BCUT2D eigenvalue weighted by Gasteiger charge is -2.19. The third-order valence-electron chi connectivity index (χ3n) is 4.31. The molecular weight excluding hydrogens is 560 g/mol. The Labute approximate surface area is 190 Å². The van der Waals surface area contributed by atoms with E-state index in [1.54, 1.807) is 22.6 Å². The van der Waals surface area contributed by atoms with Crippen molar-refractivity contribution in [3.63, 3.8) is 0 Å². The summed E-state index contributed by atoms with van der Waals surface area (Å²) in [5, 5.41) is 2.26. The summed E-state index contributed by atoms with van der Waals surface area (Å²) >= 11 is 13.5. The Bertz CT molecular complexity index is 1090. The van der Waals surface area contributed by atoms with E-state index in [1.807, 2.05) is 0 Å². The van der Waals surface area contributed by atoms with Crippen molar-refractivity contribution in [2.24, 2.45) is 0 Å². The second-order valence-electron chi connectivity index (χ2n) is 6.60. The van der Waals surface area contributed by atoms with Crippen molar-refractivity contribution in [2.45, 2.75) is 17.0 Å². The Kier molecular flexibility index (Phi) is 6.34. The van der Waals surface area contributed by atoms with Crippen molar-refractivity contribution in [1.82, 2.24) is 0 Å². The maximum absolute atomic E-state index is 14.3. The molecule has 1 aliphatic rings. The van der Waals surface area contributed by atoms with Crippen LogP contribution in [-0.4, -0.2) is 26.6 Å². The number of hydrogen-bond acceptors (Lipinski definition) is 3. The molecule has 1 N–H and O–H groups in total. The Morgan fingerprint density at radius 3 is 2.52 bits per heavy atom. The van der Waals surface area contributed by atoms with Crippen molar-refractivity contribution < 1.29 is 22.0 Å². The van der Waals surface area contributed by atoms with Crippen LogP contribution in [0.15, 0.2) is 30.3 Å². The highest BCUT2D eigenvalue weighted by Crippen LogP contribution is 2.36. The van der Waals surface area contributed by atoms with Gasteiger partial charge >= 0.3 is 0 Å². The zero-order chi connectivity index (χ0) is 21.6. The van der Waals surface area contributed by atoms with Crippen LogP contribution in [0.1, 0.15) is 29.3 Å². The van der Waals surface area contributed by atoms with Gasteiger partial charge in [-0.15, -0.1) is 0 Å². The molecule has 0 aliphatic carbocycles. The van der Waals surface area contributed by atoms with E-state index in [2.05, 4.69) is 5.32 Å². The Morgan fingerprint density at radius 1 is 1.24 bits per heavy atom. The molecule has 1 saturated heterocycles. The molecule has 1 fully saturated rings. The molecule has 156 valence electrons. The minimum Gasteiger partial charge on any atom is -0.322 e. The average Bonchev–Trinajstić information content (AvgIpc) is 2.95. The lowest BCUT2D eigenvalue weighted by molar-refractivity contribution is 0.102. The lowest BCUT2D eigenvalue weighted by Crippen LogP contribution is -2.26. The molecule has 11 heteroatoms. The van der Waals surface area contributed by atoms with Crippen molar-refractivity contribution in [3.05, 3.63) is 57.3 Å². The number of rotatable bonds is 4. The van der Waals surface area contributed by atoms with E-state index in [-0.39, 0.29) is 39.8 Å². The van der Waals surface area contributed by atoms with Crippen LogP contribution >= 0.6 is 45.8 Å². The number of alkyl halides is 2. The highest BCUT2D eigenvalue weighted by atomic mass is 127. The number of sulfonamides is 1. The second kappa shape index (κ2) is 8.16. The van der Waals surface area contributed by atoms with Crippen LogP contribution in [0.3, 0.4) is 0 Å². The summed E-state index contributed by atoms with van der Waals surface area (Å²) in [5.41, 5.74) is 0.191. The number of amides is 1. The number of hydrogen-bond donors (Lipinski definition) is 1.